The molecule has 0 aromatic heterocycles. The zero-order valence-corrected chi connectivity index (χ0v) is 8.70. The normalized spacial score (nSPS) is 10.2. The third-order valence-corrected chi connectivity index (χ3v) is 2.01. The zero-order chi connectivity index (χ0) is 11.1. The van der Waals surface area contributed by atoms with Crippen molar-refractivity contribution in [2.24, 2.45) is 11.7 Å². The molecule has 1 amide bonds. The average molecular weight is 209 g/mol. The highest BCUT2D eigenvalue weighted by molar-refractivity contribution is 7.51. The van der Waals surface area contributed by atoms with Crippen LogP contribution in [0.25, 0.3) is 0 Å². The first-order valence-electron chi connectivity index (χ1n) is 3.65. The van der Waals surface area contributed by atoms with E-state index in [0.717, 1.165) is 6.08 Å². The number of nitrogens with two attached hydrogens (primary N) is 1. The van der Waals surface area contributed by atoms with Crippen molar-refractivity contribution in [2.45, 2.75) is 13.8 Å². The summed E-state index contributed by atoms with van der Waals surface area (Å²) in [5, 5.41) is 0. The van der Waals surface area contributed by atoms with E-state index < -0.39 is 13.5 Å². The Morgan fingerprint density at radius 1 is 1.62 bits per heavy atom. The molecule has 0 fully saturated rings. The fourth-order valence-electron chi connectivity index (χ4n) is 0.476. The number of primary amides is 1. The Morgan fingerprint density at radius 3 is 1.92 bits per heavy atom. The molecule has 0 aliphatic carbocycles. The lowest BCUT2D eigenvalue weighted by molar-refractivity contribution is -0.113. The van der Waals surface area contributed by atoms with Crippen LogP contribution in [0.15, 0.2) is 12.7 Å². The standard InChI is InChI=1S/C4H11O3P.C3H5NO/c1-4(2)3-8(5,6)7;1-2-3(4)5/h4H,3H2,1-2H3,(H2,5,6,7);2H,1H2,(H2,4,5). The predicted molar refractivity (Wildman–Crippen MR) is 51.1 cm³/mol. The molecule has 4 N–H and O–H groups in total. The van der Waals surface area contributed by atoms with E-state index in [9.17, 15) is 9.36 Å². The van der Waals surface area contributed by atoms with Gasteiger partial charge in [0, 0.05) is 0 Å². The molecule has 0 aromatic carbocycles. The zero-order valence-electron chi connectivity index (χ0n) is 7.80. The number of hydrogen-bond acceptors (Lipinski definition) is 2. The molecule has 0 radical (unpaired) electrons. The average Bonchev–Trinajstić information content (AvgIpc) is 1.83. The van der Waals surface area contributed by atoms with Gasteiger partial charge >= 0.3 is 7.60 Å². The molecule has 13 heavy (non-hydrogen) atoms. The lowest BCUT2D eigenvalue weighted by Gasteiger charge is -2.04. The third-order valence-electron chi connectivity index (χ3n) is 0.804. The molecule has 0 aliphatic heterocycles. The molecule has 0 atom stereocenters. The van der Waals surface area contributed by atoms with Gasteiger partial charge in [0.25, 0.3) is 0 Å². The lowest BCUT2D eigenvalue weighted by Crippen LogP contribution is -2.04. The van der Waals surface area contributed by atoms with E-state index in [1.54, 1.807) is 13.8 Å². The second-order valence-electron chi connectivity index (χ2n) is 2.85. The van der Waals surface area contributed by atoms with E-state index in [1.807, 2.05) is 0 Å². The van der Waals surface area contributed by atoms with Crippen molar-refractivity contribution in [2.75, 3.05) is 6.16 Å². The highest BCUT2D eigenvalue weighted by Gasteiger charge is 2.13. The van der Waals surface area contributed by atoms with Crippen LogP contribution in [0, 0.1) is 5.92 Å². The molecule has 0 spiro atoms. The number of carbonyl (C=O) groups is 1. The summed E-state index contributed by atoms with van der Waals surface area (Å²) in [6, 6.07) is 0. The second kappa shape index (κ2) is 6.83. The van der Waals surface area contributed by atoms with Gasteiger partial charge < -0.3 is 15.5 Å². The third kappa shape index (κ3) is 24.6. The minimum Gasteiger partial charge on any atom is -0.366 e. The van der Waals surface area contributed by atoms with Crippen LogP contribution in [-0.4, -0.2) is 21.9 Å². The maximum Gasteiger partial charge on any atom is 0.325 e. The van der Waals surface area contributed by atoms with E-state index in [2.05, 4.69) is 12.3 Å². The molecule has 78 valence electrons. The van der Waals surface area contributed by atoms with Crippen LogP contribution in [-0.2, 0) is 9.36 Å². The minimum absolute atomic E-state index is 0.00694. The highest BCUT2D eigenvalue weighted by Crippen LogP contribution is 2.36. The Labute approximate surface area is 77.8 Å². The number of amides is 1. The summed E-state index contributed by atoms with van der Waals surface area (Å²) in [6.07, 6.45) is 1.05. The van der Waals surface area contributed by atoms with Crippen molar-refractivity contribution < 1.29 is 19.1 Å². The Hall–Kier alpha value is -0.640. The molecule has 0 saturated carbocycles. The monoisotopic (exact) mass is 209 g/mol. The van der Waals surface area contributed by atoms with Crippen LogP contribution in [0.4, 0.5) is 0 Å². The van der Waals surface area contributed by atoms with Crippen molar-refractivity contribution in [3.8, 4) is 0 Å². The van der Waals surface area contributed by atoms with Crippen LogP contribution in [0.3, 0.4) is 0 Å². The molecular weight excluding hydrogens is 193 g/mol. The summed E-state index contributed by atoms with van der Waals surface area (Å²) >= 11 is 0. The molecule has 0 bridgehead atoms. The minimum atomic E-state index is -3.72. The van der Waals surface area contributed by atoms with Gasteiger partial charge in [0.05, 0.1) is 6.16 Å². The van der Waals surface area contributed by atoms with Gasteiger partial charge in [-0.3, -0.25) is 9.36 Å². The summed E-state index contributed by atoms with van der Waals surface area (Å²) in [5.74, 6) is -0.402. The van der Waals surface area contributed by atoms with Crippen LogP contribution >= 0.6 is 7.60 Å². The van der Waals surface area contributed by atoms with Crippen molar-refractivity contribution in [1.82, 2.24) is 0 Å². The van der Waals surface area contributed by atoms with E-state index in [4.69, 9.17) is 9.79 Å². The fraction of sp³-hybridized carbons (Fsp3) is 0.571. The highest BCUT2D eigenvalue weighted by atomic mass is 31.2. The van der Waals surface area contributed by atoms with Gasteiger partial charge in [-0.25, -0.2) is 0 Å². The van der Waals surface area contributed by atoms with Crippen molar-refractivity contribution in [3.63, 3.8) is 0 Å². The smallest absolute Gasteiger partial charge is 0.325 e. The van der Waals surface area contributed by atoms with Gasteiger partial charge in [0.1, 0.15) is 0 Å². The van der Waals surface area contributed by atoms with E-state index >= 15 is 0 Å². The summed E-state index contributed by atoms with van der Waals surface area (Å²) in [7, 11) is -3.72. The predicted octanol–water partition coefficient (Wildman–Crippen LogP) is 0.478. The van der Waals surface area contributed by atoms with Gasteiger partial charge in [-0.2, -0.15) is 0 Å². The van der Waals surface area contributed by atoms with Crippen LogP contribution in [0.2, 0.25) is 0 Å². The maximum absolute atomic E-state index is 10.1. The van der Waals surface area contributed by atoms with Crippen LogP contribution < -0.4 is 5.73 Å². The van der Waals surface area contributed by atoms with Gasteiger partial charge in [-0.05, 0) is 12.0 Å². The SMILES string of the molecule is C=CC(N)=O.CC(C)CP(=O)(O)O. The molecule has 6 heteroatoms. The van der Waals surface area contributed by atoms with Gasteiger partial charge in [-0.15, -0.1) is 0 Å². The number of carbonyl (C=O) groups excluding carboxylic acids is 1. The maximum atomic E-state index is 10.1. The molecule has 0 unspecified atom stereocenters. The molecule has 0 aliphatic rings. The Kier molecular flexibility index (Phi) is 7.81. The molecule has 0 heterocycles. The first-order valence-corrected chi connectivity index (χ1v) is 5.45. The Morgan fingerprint density at radius 2 is 1.92 bits per heavy atom. The van der Waals surface area contributed by atoms with Gasteiger partial charge in [0.2, 0.25) is 5.91 Å². The molecule has 5 nitrogen and oxygen atoms in total. The van der Waals surface area contributed by atoms with E-state index in [0.29, 0.717) is 0 Å². The number of rotatable bonds is 3. The van der Waals surface area contributed by atoms with E-state index in [-0.39, 0.29) is 12.1 Å². The largest absolute Gasteiger partial charge is 0.366 e. The molecule has 0 rings (SSSR count). The van der Waals surface area contributed by atoms with Gasteiger partial charge in [0.15, 0.2) is 0 Å². The Balaban J connectivity index is 0. The fourth-order valence-corrected chi connectivity index (χ4v) is 1.43. The molecular formula is C7H16NO4P. The summed E-state index contributed by atoms with van der Waals surface area (Å²) in [5.41, 5.74) is 4.53. The molecule has 0 saturated heterocycles. The van der Waals surface area contributed by atoms with Crippen LogP contribution in [0.5, 0.6) is 0 Å². The van der Waals surface area contributed by atoms with Crippen molar-refractivity contribution in [3.05, 3.63) is 12.7 Å². The summed E-state index contributed by atoms with van der Waals surface area (Å²) in [4.78, 5) is 26.1. The Bertz CT molecular complexity index is 209. The summed E-state index contributed by atoms with van der Waals surface area (Å²) < 4.78 is 10.1. The van der Waals surface area contributed by atoms with Crippen LogP contribution in [0.1, 0.15) is 13.8 Å². The topological polar surface area (TPSA) is 101 Å². The second-order valence-corrected chi connectivity index (χ2v) is 4.54. The number of hydrogen-bond donors (Lipinski definition) is 3. The first kappa shape index (κ1) is 14.9. The van der Waals surface area contributed by atoms with Crippen molar-refractivity contribution >= 4 is 13.5 Å². The lowest BCUT2D eigenvalue weighted by atomic mass is 10.3. The first-order chi connectivity index (χ1) is 5.69. The quantitative estimate of drug-likeness (QED) is 0.464. The van der Waals surface area contributed by atoms with E-state index in [1.165, 1.54) is 0 Å². The van der Waals surface area contributed by atoms with Crippen molar-refractivity contribution in [1.29, 1.82) is 0 Å². The summed E-state index contributed by atoms with van der Waals surface area (Å²) in [6.45, 7) is 6.64. The molecule has 0 aromatic rings. The van der Waals surface area contributed by atoms with Gasteiger partial charge in [-0.1, -0.05) is 20.4 Å².